The number of nitrogens with zero attached hydrogens (tertiary/aromatic N) is 2. The molecule has 8 rings (SSSR count). The number of fused-ring (bicyclic) bond motifs is 6. The summed E-state index contributed by atoms with van der Waals surface area (Å²) in [4.78, 5) is 0.656. The Bertz CT molecular complexity index is 2490. The second-order valence-electron chi connectivity index (χ2n) is 12.0. The zero-order valence-corrected chi connectivity index (χ0v) is 28.4. The molecule has 0 fully saturated rings. The second-order valence-corrected chi connectivity index (χ2v) is 14.0. The molecule has 0 saturated carbocycles. The summed E-state index contributed by atoms with van der Waals surface area (Å²) < 4.78 is 54.3. The van der Waals surface area contributed by atoms with Crippen LogP contribution in [0.5, 0.6) is 23.0 Å². The molecule has 9 heteroatoms. The number of sulfone groups is 1. The summed E-state index contributed by atoms with van der Waals surface area (Å²) in [5.41, 5.74) is 5.88. The van der Waals surface area contributed by atoms with Crippen LogP contribution in [0.4, 0.5) is 0 Å². The van der Waals surface area contributed by atoms with Crippen LogP contribution in [0, 0.1) is 0 Å². The number of aromatic nitrogens is 2. The number of hydrogen-bond donors (Lipinski definition) is 0. The molecule has 0 atom stereocenters. The van der Waals surface area contributed by atoms with Crippen LogP contribution >= 0.6 is 0 Å². The first-order valence-electron chi connectivity index (χ1n) is 15.9. The predicted octanol–water partition coefficient (Wildman–Crippen LogP) is 8.92. The molecule has 0 spiro atoms. The molecule has 0 unspecified atom stereocenters. The molecule has 5 aromatic carbocycles. The predicted molar refractivity (Wildman–Crippen MR) is 195 cm³/mol. The Hall–Kier alpha value is -5.67. The molecule has 246 valence electrons. The summed E-state index contributed by atoms with van der Waals surface area (Å²) in [5.74, 6) is 3.05. The fraction of sp³-hybridized carbons (Fsp3) is 0.150. The lowest BCUT2D eigenvalue weighted by molar-refractivity contribution is 0.415. The van der Waals surface area contributed by atoms with Gasteiger partial charge in [-0.3, -0.25) is 0 Å². The van der Waals surface area contributed by atoms with Crippen molar-refractivity contribution < 1.29 is 27.4 Å². The quantitative estimate of drug-likeness (QED) is 0.161. The number of benzene rings is 5. The van der Waals surface area contributed by atoms with Crippen molar-refractivity contribution in [2.24, 2.45) is 0 Å². The Morgan fingerprint density at radius 1 is 0.490 bits per heavy atom. The molecule has 0 amide bonds. The van der Waals surface area contributed by atoms with Crippen LogP contribution in [0.1, 0.15) is 12.8 Å². The van der Waals surface area contributed by atoms with Gasteiger partial charge in [0.25, 0.3) is 0 Å². The van der Waals surface area contributed by atoms with E-state index in [2.05, 4.69) is 9.13 Å². The molecular formula is C40H34N2O6S. The van der Waals surface area contributed by atoms with E-state index in [1.54, 1.807) is 46.6 Å². The molecule has 8 nitrogen and oxygen atoms in total. The maximum Gasteiger partial charge on any atom is 0.202 e. The van der Waals surface area contributed by atoms with Gasteiger partial charge in [-0.15, -0.1) is 0 Å². The Kier molecular flexibility index (Phi) is 7.37. The highest BCUT2D eigenvalue weighted by molar-refractivity contribution is 7.95. The van der Waals surface area contributed by atoms with Gasteiger partial charge in [0.2, 0.25) is 9.84 Å². The number of rotatable bonds is 8. The van der Waals surface area contributed by atoms with E-state index in [0.717, 1.165) is 78.0 Å². The van der Waals surface area contributed by atoms with Crippen molar-refractivity contribution in [3.8, 4) is 28.7 Å². The fourth-order valence-electron chi connectivity index (χ4n) is 7.00. The highest BCUT2D eigenvalue weighted by Gasteiger charge is 2.25. The molecule has 49 heavy (non-hydrogen) atoms. The van der Waals surface area contributed by atoms with E-state index in [1.165, 1.54) is 0 Å². The first-order valence-corrected chi connectivity index (χ1v) is 17.4. The van der Waals surface area contributed by atoms with Gasteiger partial charge in [0.1, 0.15) is 23.0 Å². The van der Waals surface area contributed by atoms with Crippen LogP contribution in [0.25, 0.3) is 55.0 Å². The van der Waals surface area contributed by atoms with Crippen molar-refractivity contribution in [1.82, 2.24) is 9.13 Å². The van der Waals surface area contributed by atoms with Crippen molar-refractivity contribution in [3.05, 3.63) is 114 Å². The van der Waals surface area contributed by atoms with Gasteiger partial charge < -0.3 is 28.1 Å². The summed E-state index contributed by atoms with van der Waals surface area (Å²) >= 11 is 0. The molecule has 7 aromatic rings. The summed E-state index contributed by atoms with van der Waals surface area (Å²) in [6.07, 6.45) is 4.63. The lowest BCUT2D eigenvalue weighted by atomic mass is 10.1. The number of ether oxygens (including phenoxy) is 4. The van der Waals surface area contributed by atoms with Crippen LogP contribution in [0.3, 0.4) is 0 Å². The standard InChI is InChI=1S/C40H34N2O6S/c1-45-27-9-17-37-33(21-27)34-22-28(46-2)10-18-38(34)41(37)25-5-13-31(14-6-25)49(43,44)32-15-7-26(8-16-32)42-39-19-11-29(47-3)23-35(39)36-24-30(48-4)12-20-40(36)42/h5-7,9-15,17-24H,8,16H2,1-4H3. The zero-order valence-electron chi connectivity index (χ0n) is 27.6. The van der Waals surface area contributed by atoms with Gasteiger partial charge in [-0.2, -0.15) is 0 Å². The van der Waals surface area contributed by atoms with E-state index in [-0.39, 0.29) is 4.90 Å². The Balaban J connectivity index is 1.16. The monoisotopic (exact) mass is 670 g/mol. The zero-order chi connectivity index (χ0) is 33.9. The van der Waals surface area contributed by atoms with Crippen LogP contribution in [0.2, 0.25) is 0 Å². The molecule has 2 heterocycles. The third-order valence-electron chi connectivity index (χ3n) is 9.49. The van der Waals surface area contributed by atoms with Gasteiger partial charge >= 0.3 is 0 Å². The molecule has 0 N–H and O–H groups in total. The van der Waals surface area contributed by atoms with Crippen LogP contribution in [0.15, 0.2) is 119 Å². The van der Waals surface area contributed by atoms with Crippen molar-refractivity contribution in [1.29, 1.82) is 0 Å². The van der Waals surface area contributed by atoms with E-state index >= 15 is 0 Å². The van der Waals surface area contributed by atoms with Gasteiger partial charge in [0.05, 0.1) is 55.4 Å². The molecule has 0 saturated heterocycles. The SMILES string of the molecule is COc1ccc2c(c1)c1cc(OC)ccc1n2C1=CC=C(S(=O)(=O)c2ccc(-n3c4ccc(OC)cc4c4cc(OC)ccc43)cc2)CC1. The number of methoxy groups -OCH3 is 4. The maximum absolute atomic E-state index is 13.9. The van der Waals surface area contributed by atoms with E-state index in [0.29, 0.717) is 17.7 Å². The normalized spacial score (nSPS) is 13.6. The average Bonchev–Trinajstić information content (AvgIpc) is 3.65. The molecule has 0 bridgehead atoms. The minimum Gasteiger partial charge on any atom is -0.497 e. The van der Waals surface area contributed by atoms with Crippen LogP contribution in [-0.4, -0.2) is 46.0 Å². The van der Waals surface area contributed by atoms with Gasteiger partial charge in [-0.1, -0.05) is 0 Å². The Morgan fingerprint density at radius 2 is 0.898 bits per heavy atom. The third kappa shape index (κ3) is 4.92. The minimum atomic E-state index is -3.71. The van der Waals surface area contributed by atoms with E-state index < -0.39 is 9.84 Å². The first kappa shape index (κ1) is 30.7. The summed E-state index contributed by atoms with van der Waals surface area (Å²) in [6.45, 7) is 0. The summed E-state index contributed by atoms with van der Waals surface area (Å²) in [5, 5.41) is 4.11. The van der Waals surface area contributed by atoms with E-state index in [4.69, 9.17) is 18.9 Å². The average molecular weight is 671 g/mol. The summed E-state index contributed by atoms with van der Waals surface area (Å²) in [6, 6.07) is 31.1. The molecule has 0 aliphatic heterocycles. The minimum absolute atomic E-state index is 0.263. The summed E-state index contributed by atoms with van der Waals surface area (Å²) in [7, 11) is 2.90. The van der Waals surface area contributed by atoms with Crippen molar-refractivity contribution in [2.75, 3.05) is 28.4 Å². The lowest BCUT2D eigenvalue weighted by Crippen LogP contribution is -2.09. The number of allylic oxidation sites excluding steroid dienone is 4. The highest BCUT2D eigenvalue weighted by atomic mass is 32.2. The van der Waals surface area contributed by atoms with Crippen molar-refractivity contribution in [2.45, 2.75) is 17.7 Å². The lowest BCUT2D eigenvalue weighted by Gasteiger charge is -2.18. The molecular weight excluding hydrogens is 637 g/mol. The number of hydrogen-bond acceptors (Lipinski definition) is 6. The van der Waals surface area contributed by atoms with Crippen LogP contribution < -0.4 is 18.9 Å². The van der Waals surface area contributed by atoms with Crippen molar-refractivity contribution in [3.63, 3.8) is 0 Å². The van der Waals surface area contributed by atoms with Gasteiger partial charge in [0, 0.05) is 37.8 Å². The molecule has 1 aliphatic carbocycles. The van der Waals surface area contributed by atoms with E-state index in [9.17, 15) is 8.42 Å². The van der Waals surface area contributed by atoms with E-state index in [1.807, 2.05) is 91.0 Å². The first-order chi connectivity index (χ1) is 23.8. The van der Waals surface area contributed by atoms with Gasteiger partial charge in [-0.25, -0.2) is 8.42 Å². The fourth-order valence-corrected chi connectivity index (χ4v) is 8.42. The highest BCUT2D eigenvalue weighted by Crippen LogP contribution is 2.40. The van der Waals surface area contributed by atoms with Gasteiger partial charge in [0.15, 0.2) is 0 Å². The molecule has 2 aromatic heterocycles. The third-order valence-corrected chi connectivity index (χ3v) is 11.4. The topological polar surface area (TPSA) is 80.9 Å². The Morgan fingerprint density at radius 3 is 1.27 bits per heavy atom. The smallest absolute Gasteiger partial charge is 0.202 e. The second kappa shape index (κ2) is 11.8. The molecule has 1 aliphatic rings. The largest absolute Gasteiger partial charge is 0.497 e. The van der Waals surface area contributed by atoms with Gasteiger partial charge in [-0.05, 0) is 122 Å². The Labute approximate surface area is 283 Å². The van der Waals surface area contributed by atoms with Crippen molar-refractivity contribution >= 4 is 59.1 Å². The maximum atomic E-state index is 13.9. The van der Waals surface area contributed by atoms with Crippen LogP contribution in [-0.2, 0) is 9.84 Å². The molecule has 0 radical (unpaired) electrons.